The molecule has 9 heteroatoms. The summed E-state index contributed by atoms with van der Waals surface area (Å²) in [6.45, 7) is 6.20. The fourth-order valence-corrected chi connectivity index (χ4v) is 4.43. The third-order valence-electron chi connectivity index (χ3n) is 5.48. The first kappa shape index (κ1) is 26.7. The summed E-state index contributed by atoms with van der Waals surface area (Å²) in [4.78, 5) is 7.13. The van der Waals surface area contributed by atoms with Crippen molar-refractivity contribution in [3.8, 4) is 11.5 Å². The number of nitrogens with one attached hydrogen (secondary N) is 2. The molecule has 1 unspecified atom stereocenters. The van der Waals surface area contributed by atoms with Crippen molar-refractivity contribution in [2.24, 2.45) is 4.99 Å². The number of thiophene rings is 1. The summed E-state index contributed by atoms with van der Waals surface area (Å²) in [7, 11) is 3.20. The van der Waals surface area contributed by atoms with E-state index in [4.69, 9.17) is 9.47 Å². The number of guanidine groups is 1. The van der Waals surface area contributed by atoms with Gasteiger partial charge in [0.05, 0.1) is 20.8 Å². The second kappa shape index (κ2) is 13.9. The first-order chi connectivity index (χ1) is 15.1. The summed E-state index contributed by atoms with van der Waals surface area (Å²) in [5.41, 5.74) is 2.07. The number of methoxy groups -OCH3 is 2. The van der Waals surface area contributed by atoms with E-state index in [0.29, 0.717) is 23.1 Å². The third kappa shape index (κ3) is 7.79. The van der Waals surface area contributed by atoms with E-state index in [1.54, 1.807) is 37.7 Å². The molecule has 1 atom stereocenters. The Kier molecular flexibility index (Phi) is 11.6. The molecule has 1 aromatic heterocycles. The van der Waals surface area contributed by atoms with Crippen molar-refractivity contribution in [1.29, 1.82) is 0 Å². The Hall–Kier alpha value is -1.56. The number of likely N-dealkylation sites (tertiary alicyclic amines) is 1. The molecule has 1 aromatic carbocycles. The summed E-state index contributed by atoms with van der Waals surface area (Å²) in [6, 6.07) is 7.99. The summed E-state index contributed by atoms with van der Waals surface area (Å²) >= 11 is 1.75. The maximum Gasteiger partial charge on any atom is 0.191 e. The molecule has 0 spiro atoms. The highest BCUT2D eigenvalue weighted by atomic mass is 127. The zero-order valence-electron chi connectivity index (χ0n) is 19.0. The Balaban J connectivity index is 0.00000363. The lowest BCUT2D eigenvalue weighted by Crippen LogP contribution is -2.48. The van der Waals surface area contributed by atoms with Gasteiger partial charge in [-0.15, -0.1) is 24.0 Å². The van der Waals surface area contributed by atoms with Gasteiger partial charge >= 0.3 is 0 Å². The number of aliphatic hydroxyl groups excluding tert-OH is 1. The van der Waals surface area contributed by atoms with Crippen molar-refractivity contribution in [2.45, 2.75) is 38.5 Å². The van der Waals surface area contributed by atoms with Crippen LogP contribution in [0.1, 0.15) is 37.0 Å². The van der Waals surface area contributed by atoms with Crippen LogP contribution in [0.3, 0.4) is 0 Å². The zero-order valence-corrected chi connectivity index (χ0v) is 22.2. The summed E-state index contributed by atoms with van der Waals surface area (Å²) in [6.07, 6.45) is 1.36. The van der Waals surface area contributed by atoms with Gasteiger partial charge in [-0.1, -0.05) is 0 Å². The van der Waals surface area contributed by atoms with Gasteiger partial charge in [0.15, 0.2) is 5.96 Å². The van der Waals surface area contributed by atoms with Crippen LogP contribution in [-0.4, -0.2) is 62.4 Å². The Morgan fingerprint density at radius 1 is 1.25 bits per heavy atom. The van der Waals surface area contributed by atoms with Crippen molar-refractivity contribution >= 4 is 41.3 Å². The van der Waals surface area contributed by atoms with Crippen molar-refractivity contribution in [3.63, 3.8) is 0 Å². The highest BCUT2D eigenvalue weighted by Gasteiger charge is 2.21. The number of piperidine rings is 1. The molecule has 178 valence electrons. The third-order valence-corrected chi connectivity index (χ3v) is 6.21. The molecule has 0 aliphatic carbocycles. The Morgan fingerprint density at radius 3 is 2.66 bits per heavy atom. The predicted octanol–water partition coefficient (Wildman–Crippen LogP) is 3.64. The van der Waals surface area contributed by atoms with E-state index in [1.807, 2.05) is 13.0 Å². The van der Waals surface area contributed by atoms with Crippen molar-refractivity contribution in [3.05, 3.63) is 46.2 Å². The Bertz CT molecular complexity index is 827. The van der Waals surface area contributed by atoms with Crippen LogP contribution in [0.2, 0.25) is 0 Å². The SMILES string of the molecule is CCNC(=NCC(O)c1cc(OC)ccc1OC)NC1CCN(Cc2ccsc2)CC1.I. The van der Waals surface area contributed by atoms with Gasteiger partial charge in [-0.05, 0) is 60.4 Å². The predicted molar refractivity (Wildman–Crippen MR) is 142 cm³/mol. The lowest BCUT2D eigenvalue weighted by molar-refractivity contribution is 0.181. The summed E-state index contributed by atoms with van der Waals surface area (Å²) in [5, 5.41) is 21.9. The minimum absolute atomic E-state index is 0. The number of ether oxygens (including phenoxy) is 2. The zero-order chi connectivity index (χ0) is 22.1. The quantitative estimate of drug-likeness (QED) is 0.241. The van der Waals surface area contributed by atoms with Crippen molar-refractivity contribution in [2.75, 3.05) is 40.4 Å². The van der Waals surface area contributed by atoms with Gasteiger partial charge in [0, 0.05) is 37.8 Å². The standard InChI is InChI=1S/C23H34N4O3S.HI/c1-4-24-23(25-14-21(28)20-13-19(29-2)5-6-22(20)30-3)26-18-7-10-27(11-8-18)15-17-9-12-31-16-17;/h5-6,9,12-13,16,18,21,28H,4,7-8,10-11,14-15H2,1-3H3,(H2,24,25,26);1H. The summed E-state index contributed by atoms with van der Waals surface area (Å²) < 4.78 is 10.7. The van der Waals surface area contributed by atoms with Crippen LogP contribution in [0.15, 0.2) is 40.0 Å². The number of rotatable bonds is 9. The maximum atomic E-state index is 10.7. The lowest BCUT2D eigenvalue weighted by Gasteiger charge is -2.33. The molecule has 2 aromatic rings. The molecule has 0 radical (unpaired) electrons. The van der Waals surface area contributed by atoms with Gasteiger partial charge in [0.25, 0.3) is 0 Å². The topological polar surface area (TPSA) is 78.4 Å². The average Bonchev–Trinajstić information content (AvgIpc) is 3.31. The number of nitrogens with zero attached hydrogens (tertiary/aromatic N) is 2. The minimum Gasteiger partial charge on any atom is -0.497 e. The number of aliphatic imine (C=N–C) groups is 1. The van der Waals surface area contributed by atoms with E-state index in [2.05, 4.69) is 37.4 Å². The van der Waals surface area contributed by atoms with Crippen LogP contribution in [0, 0.1) is 0 Å². The molecule has 32 heavy (non-hydrogen) atoms. The average molecular weight is 575 g/mol. The first-order valence-electron chi connectivity index (χ1n) is 10.8. The molecule has 1 fully saturated rings. The number of aliphatic hydroxyl groups is 1. The highest BCUT2D eigenvalue weighted by molar-refractivity contribution is 14.0. The normalized spacial score (nSPS) is 16.2. The number of benzene rings is 1. The van der Waals surface area contributed by atoms with Crippen LogP contribution >= 0.6 is 35.3 Å². The van der Waals surface area contributed by atoms with Crippen molar-refractivity contribution < 1.29 is 14.6 Å². The van der Waals surface area contributed by atoms with Crippen LogP contribution in [-0.2, 0) is 6.54 Å². The molecule has 0 bridgehead atoms. The molecule has 0 saturated carbocycles. The summed E-state index contributed by atoms with van der Waals surface area (Å²) in [5.74, 6) is 2.04. The number of hydrogen-bond acceptors (Lipinski definition) is 6. The van der Waals surface area contributed by atoms with Crippen LogP contribution in [0.5, 0.6) is 11.5 Å². The number of hydrogen-bond donors (Lipinski definition) is 3. The van der Waals surface area contributed by atoms with Crippen LogP contribution in [0.4, 0.5) is 0 Å². The van der Waals surface area contributed by atoms with E-state index < -0.39 is 6.10 Å². The van der Waals surface area contributed by atoms with E-state index >= 15 is 0 Å². The molecule has 3 rings (SSSR count). The lowest BCUT2D eigenvalue weighted by atomic mass is 10.0. The van der Waals surface area contributed by atoms with E-state index in [1.165, 1.54) is 5.56 Å². The van der Waals surface area contributed by atoms with Crippen molar-refractivity contribution in [1.82, 2.24) is 15.5 Å². The fourth-order valence-electron chi connectivity index (χ4n) is 3.77. The molecule has 2 heterocycles. The molecular formula is C23H35IN4O3S. The minimum atomic E-state index is -0.784. The second-order valence-electron chi connectivity index (χ2n) is 7.67. The van der Waals surface area contributed by atoms with Gasteiger partial charge in [-0.3, -0.25) is 9.89 Å². The molecular weight excluding hydrogens is 539 g/mol. The van der Waals surface area contributed by atoms with Gasteiger partial charge in [0.1, 0.15) is 17.6 Å². The second-order valence-corrected chi connectivity index (χ2v) is 8.45. The maximum absolute atomic E-state index is 10.7. The Labute approximate surface area is 212 Å². The number of halogens is 1. The molecule has 1 aliphatic rings. The monoisotopic (exact) mass is 574 g/mol. The van der Waals surface area contributed by atoms with Crippen LogP contribution in [0.25, 0.3) is 0 Å². The Morgan fingerprint density at radius 2 is 2.03 bits per heavy atom. The molecule has 3 N–H and O–H groups in total. The van der Waals surface area contributed by atoms with Gasteiger partial charge in [0.2, 0.25) is 0 Å². The van der Waals surface area contributed by atoms with Gasteiger partial charge in [-0.2, -0.15) is 11.3 Å². The smallest absolute Gasteiger partial charge is 0.191 e. The van der Waals surface area contributed by atoms with E-state index in [-0.39, 0.29) is 30.5 Å². The van der Waals surface area contributed by atoms with Gasteiger partial charge < -0.3 is 25.2 Å². The molecule has 7 nitrogen and oxygen atoms in total. The highest BCUT2D eigenvalue weighted by Crippen LogP contribution is 2.29. The molecule has 1 aliphatic heterocycles. The largest absolute Gasteiger partial charge is 0.497 e. The molecule has 0 amide bonds. The van der Waals surface area contributed by atoms with E-state index in [9.17, 15) is 5.11 Å². The van der Waals surface area contributed by atoms with Crippen LogP contribution < -0.4 is 20.1 Å². The van der Waals surface area contributed by atoms with E-state index in [0.717, 1.165) is 45.0 Å². The first-order valence-corrected chi connectivity index (χ1v) is 11.8. The fraction of sp³-hybridized carbons (Fsp3) is 0.522. The molecule has 1 saturated heterocycles. The van der Waals surface area contributed by atoms with Gasteiger partial charge in [-0.25, -0.2) is 0 Å².